The van der Waals surface area contributed by atoms with Crippen LogP contribution < -0.4 is 5.32 Å². The molecule has 1 aliphatic rings. The number of carbonyl (C=O) groups is 1. The number of carbonyl (C=O) groups excluding carboxylic acids is 1. The van der Waals surface area contributed by atoms with Gasteiger partial charge in [-0.3, -0.25) is 4.79 Å². The van der Waals surface area contributed by atoms with Crippen molar-refractivity contribution < 1.29 is 4.79 Å². The molecule has 0 saturated carbocycles. The van der Waals surface area contributed by atoms with Gasteiger partial charge in [-0.05, 0) is 29.9 Å². The van der Waals surface area contributed by atoms with Crippen LogP contribution in [0.2, 0.25) is 0 Å². The highest BCUT2D eigenvalue weighted by Gasteiger charge is 2.27. The van der Waals surface area contributed by atoms with Gasteiger partial charge in [-0.15, -0.1) is 10.2 Å². The zero-order chi connectivity index (χ0) is 17.4. The summed E-state index contributed by atoms with van der Waals surface area (Å²) in [5, 5.41) is 12.9. The van der Waals surface area contributed by atoms with Gasteiger partial charge in [-0.25, -0.2) is 0 Å². The van der Waals surface area contributed by atoms with Gasteiger partial charge in [-0.2, -0.15) is 0 Å². The van der Waals surface area contributed by atoms with Gasteiger partial charge in [0, 0.05) is 24.7 Å². The fourth-order valence-corrected chi connectivity index (χ4v) is 3.58. The number of hydrogen-bond acceptors (Lipinski definition) is 3. The maximum absolute atomic E-state index is 12.7. The van der Waals surface area contributed by atoms with Gasteiger partial charge in [0.1, 0.15) is 12.4 Å². The second kappa shape index (κ2) is 6.35. The Morgan fingerprint density at radius 1 is 1.24 bits per heavy atom. The zero-order valence-electron chi connectivity index (χ0n) is 14.6. The molecule has 0 saturated heterocycles. The van der Waals surface area contributed by atoms with E-state index in [0.717, 1.165) is 41.9 Å². The topological polar surface area (TPSA) is 64.7 Å². The van der Waals surface area contributed by atoms with E-state index in [1.165, 1.54) is 0 Å². The Hall–Kier alpha value is -2.63. The van der Waals surface area contributed by atoms with Crippen LogP contribution in [0.5, 0.6) is 0 Å². The Kier molecular flexibility index (Phi) is 4.03. The first-order valence-corrected chi connectivity index (χ1v) is 8.88. The minimum atomic E-state index is -0.117. The number of aryl methyl sites for hydroxylation is 1. The molecule has 6 heteroatoms. The van der Waals surface area contributed by atoms with E-state index in [-0.39, 0.29) is 17.9 Å². The monoisotopic (exact) mass is 337 g/mol. The lowest BCUT2D eigenvalue weighted by molar-refractivity contribution is -0.122. The molecule has 3 heterocycles. The van der Waals surface area contributed by atoms with Crippen molar-refractivity contribution in [2.75, 3.05) is 0 Å². The predicted octanol–water partition coefficient (Wildman–Crippen LogP) is 2.69. The number of nitrogens with zero attached hydrogens (tertiary/aromatic N) is 4. The quantitative estimate of drug-likeness (QED) is 0.778. The molecule has 130 valence electrons. The summed E-state index contributed by atoms with van der Waals surface area (Å²) in [5.74, 6) is 2.16. The Labute approximate surface area is 146 Å². The second-order valence-corrected chi connectivity index (χ2v) is 7.02. The summed E-state index contributed by atoms with van der Waals surface area (Å²) in [6, 6.07) is 10.0. The highest BCUT2D eigenvalue weighted by atomic mass is 16.2. The molecule has 0 radical (unpaired) electrons. The number of para-hydroxylation sites is 1. The van der Waals surface area contributed by atoms with E-state index in [2.05, 4.69) is 40.0 Å². The average molecular weight is 337 g/mol. The normalized spacial score (nSPS) is 14.8. The van der Waals surface area contributed by atoms with Crippen LogP contribution in [0.1, 0.15) is 38.0 Å². The molecule has 0 bridgehead atoms. The van der Waals surface area contributed by atoms with E-state index >= 15 is 0 Å². The van der Waals surface area contributed by atoms with Crippen molar-refractivity contribution in [3.8, 4) is 0 Å². The van der Waals surface area contributed by atoms with Gasteiger partial charge in [0.25, 0.3) is 0 Å². The van der Waals surface area contributed by atoms with Crippen molar-refractivity contribution in [1.82, 2.24) is 24.6 Å². The maximum atomic E-state index is 12.7. The van der Waals surface area contributed by atoms with Crippen molar-refractivity contribution in [3.05, 3.63) is 48.2 Å². The average Bonchev–Trinajstić information content (AvgIpc) is 3.29. The third-order valence-electron chi connectivity index (χ3n) is 4.89. The molecule has 0 aliphatic carbocycles. The number of aromatic nitrogens is 4. The number of rotatable bonds is 5. The largest absolute Gasteiger partial charge is 0.344 e. The first-order chi connectivity index (χ1) is 12.1. The van der Waals surface area contributed by atoms with Crippen LogP contribution in [0.15, 0.2) is 36.5 Å². The number of fused-ring (bicyclic) bond motifs is 2. The van der Waals surface area contributed by atoms with Crippen LogP contribution in [0.4, 0.5) is 0 Å². The highest BCUT2D eigenvalue weighted by Crippen LogP contribution is 2.24. The van der Waals surface area contributed by atoms with E-state index in [9.17, 15) is 4.79 Å². The molecule has 0 fully saturated rings. The van der Waals surface area contributed by atoms with Crippen molar-refractivity contribution in [2.45, 2.75) is 45.8 Å². The molecule has 1 N–H and O–H groups in total. The maximum Gasteiger partial charge on any atom is 0.240 e. The highest BCUT2D eigenvalue weighted by molar-refractivity contribution is 5.83. The number of amides is 1. The van der Waals surface area contributed by atoms with Gasteiger partial charge in [0.15, 0.2) is 5.82 Å². The first kappa shape index (κ1) is 15.9. The summed E-state index contributed by atoms with van der Waals surface area (Å²) in [6.45, 7) is 5.45. The van der Waals surface area contributed by atoms with Crippen molar-refractivity contribution in [2.24, 2.45) is 5.92 Å². The molecular formula is C19H23N5O. The van der Waals surface area contributed by atoms with E-state index < -0.39 is 0 Å². The fraction of sp³-hybridized carbons (Fsp3) is 0.421. The Balaban J connectivity index is 1.53. The number of nitrogens with one attached hydrogen (secondary N) is 1. The van der Waals surface area contributed by atoms with E-state index in [0.29, 0.717) is 6.54 Å². The summed E-state index contributed by atoms with van der Waals surface area (Å²) < 4.78 is 4.15. The number of benzene rings is 1. The lowest BCUT2D eigenvalue weighted by Crippen LogP contribution is -2.35. The summed E-state index contributed by atoms with van der Waals surface area (Å²) in [6.07, 6.45) is 4.04. The van der Waals surface area contributed by atoms with E-state index in [1.54, 1.807) is 0 Å². The van der Waals surface area contributed by atoms with Crippen LogP contribution in [0, 0.1) is 5.92 Å². The van der Waals surface area contributed by atoms with Gasteiger partial charge in [0.05, 0.1) is 6.04 Å². The molecule has 6 nitrogen and oxygen atoms in total. The molecule has 1 amide bonds. The van der Waals surface area contributed by atoms with E-state index in [1.807, 2.05) is 35.0 Å². The predicted molar refractivity (Wildman–Crippen MR) is 96.0 cm³/mol. The van der Waals surface area contributed by atoms with Crippen molar-refractivity contribution in [1.29, 1.82) is 0 Å². The standard InChI is InChI=1S/C19H23N5O/c1-13(2)18(19-22-21-16-8-5-10-24(16)19)20-17(25)12-23-11-9-14-6-3-4-7-15(14)23/h3-4,6-7,9,11,13,18H,5,8,10,12H2,1-2H3,(H,20,25)/t18-/m0/s1. The number of hydrogen-bond donors (Lipinski definition) is 1. The molecule has 2 aromatic heterocycles. The summed E-state index contributed by atoms with van der Waals surface area (Å²) >= 11 is 0. The molecule has 3 aromatic rings. The Morgan fingerprint density at radius 2 is 2.08 bits per heavy atom. The molecule has 1 atom stereocenters. The summed E-state index contributed by atoms with van der Waals surface area (Å²) in [4.78, 5) is 12.7. The molecular weight excluding hydrogens is 314 g/mol. The van der Waals surface area contributed by atoms with Gasteiger partial charge in [0.2, 0.25) is 5.91 Å². The van der Waals surface area contributed by atoms with Gasteiger partial charge in [-0.1, -0.05) is 32.0 Å². The minimum Gasteiger partial charge on any atom is -0.344 e. The van der Waals surface area contributed by atoms with Crippen LogP contribution in [-0.4, -0.2) is 25.2 Å². The molecule has 1 aliphatic heterocycles. The van der Waals surface area contributed by atoms with Crippen molar-refractivity contribution >= 4 is 16.8 Å². The Bertz CT molecular complexity index is 908. The Morgan fingerprint density at radius 3 is 2.92 bits per heavy atom. The first-order valence-electron chi connectivity index (χ1n) is 8.88. The molecule has 4 rings (SSSR count). The molecule has 0 unspecified atom stereocenters. The van der Waals surface area contributed by atoms with Crippen LogP contribution >= 0.6 is 0 Å². The zero-order valence-corrected chi connectivity index (χ0v) is 14.6. The fourth-order valence-electron chi connectivity index (χ4n) is 3.58. The van der Waals surface area contributed by atoms with E-state index in [4.69, 9.17) is 0 Å². The van der Waals surface area contributed by atoms with Crippen LogP contribution in [-0.2, 0) is 24.3 Å². The minimum absolute atomic E-state index is 0.00426. The lowest BCUT2D eigenvalue weighted by atomic mass is 10.0. The smallest absolute Gasteiger partial charge is 0.240 e. The van der Waals surface area contributed by atoms with Gasteiger partial charge >= 0.3 is 0 Å². The molecule has 25 heavy (non-hydrogen) atoms. The molecule has 1 aromatic carbocycles. The third kappa shape index (κ3) is 2.92. The second-order valence-electron chi connectivity index (χ2n) is 7.02. The third-order valence-corrected chi connectivity index (χ3v) is 4.89. The summed E-state index contributed by atoms with van der Waals surface area (Å²) in [7, 11) is 0. The van der Waals surface area contributed by atoms with Gasteiger partial charge < -0.3 is 14.5 Å². The summed E-state index contributed by atoms with van der Waals surface area (Å²) in [5.41, 5.74) is 1.07. The van der Waals surface area contributed by atoms with Crippen LogP contribution in [0.25, 0.3) is 10.9 Å². The molecule has 0 spiro atoms. The lowest BCUT2D eigenvalue weighted by Gasteiger charge is -2.22. The van der Waals surface area contributed by atoms with Crippen LogP contribution in [0.3, 0.4) is 0 Å². The van der Waals surface area contributed by atoms with Crippen molar-refractivity contribution in [3.63, 3.8) is 0 Å². The SMILES string of the molecule is CC(C)[C@H](NC(=O)Cn1ccc2ccccc21)c1nnc2n1CCC2.